The van der Waals surface area contributed by atoms with Gasteiger partial charge in [0, 0.05) is 19.2 Å². The number of nitrogens with zero attached hydrogens (tertiary/aromatic N) is 1. The van der Waals surface area contributed by atoms with Crippen LogP contribution in [0.5, 0.6) is 5.75 Å². The molecule has 6 nitrogen and oxygen atoms in total. The van der Waals surface area contributed by atoms with Crippen LogP contribution < -0.4 is 9.64 Å². The largest absolute Gasteiger partial charge is 0.493 e. The van der Waals surface area contributed by atoms with E-state index in [0.717, 1.165) is 17.7 Å². The molecular weight excluding hydrogens is 250 g/mol. The highest BCUT2D eigenvalue weighted by Crippen LogP contribution is 2.30. The predicted molar refractivity (Wildman–Crippen MR) is 67.7 cm³/mol. The highest BCUT2D eigenvalue weighted by atomic mass is 16.5. The standard InChI is InChI=1S/C13H15NO5/c1-14(10(13(17)18)7-12(15)16)9-2-3-11-8(6-9)4-5-19-11/h2-3,6,10H,4-5,7H2,1H3,(H,15,16)(H,17,18). The van der Waals surface area contributed by atoms with Gasteiger partial charge >= 0.3 is 11.9 Å². The number of likely N-dealkylation sites (N-methyl/N-ethyl adjacent to an activating group) is 1. The smallest absolute Gasteiger partial charge is 0.326 e. The number of fused-ring (bicyclic) bond motifs is 1. The molecular formula is C13H15NO5. The summed E-state index contributed by atoms with van der Waals surface area (Å²) in [6.07, 6.45) is 0.340. The van der Waals surface area contributed by atoms with Crippen LogP contribution in [0.4, 0.5) is 5.69 Å². The highest BCUT2D eigenvalue weighted by molar-refractivity contribution is 5.84. The predicted octanol–water partition coefficient (Wildman–Crippen LogP) is 0.986. The molecule has 1 aromatic rings. The van der Waals surface area contributed by atoms with Gasteiger partial charge in [-0.1, -0.05) is 0 Å². The van der Waals surface area contributed by atoms with E-state index < -0.39 is 24.4 Å². The van der Waals surface area contributed by atoms with Crippen molar-refractivity contribution in [3.05, 3.63) is 23.8 Å². The third-order valence-corrected chi connectivity index (χ3v) is 3.20. The molecule has 102 valence electrons. The molecule has 0 saturated heterocycles. The maximum Gasteiger partial charge on any atom is 0.326 e. The molecule has 1 aromatic carbocycles. The van der Waals surface area contributed by atoms with E-state index in [1.54, 1.807) is 19.2 Å². The molecule has 1 aliphatic rings. The fourth-order valence-electron chi connectivity index (χ4n) is 2.13. The second kappa shape index (κ2) is 5.17. The topological polar surface area (TPSA) is 87.1 Å². The monoisotopic (exact) mass is 265 g/mol. The van der Waals surface area contributed by atoms with Crippen LogP contribution in [0.25, 0.3) is 0 Å². The van der Waals surface area contributed by atoms with Crippen LogP contribution in [0.15, 0.2) is 18.2 Å². The van der Waals surface area contributed by atoms with E-state index in [4.69, 9.17) is 14.9 Å². The number of hydrogen-bond acceptors (Lipinski definition) is 4. The fourth-order valence-corrected chi connectivity index (χ4v) is 2.13. The first-order valence-electron chi connectivity index (χ1n) is 5.92. The van der Waals surface area contributed by atoms with Gasteiger partial charge in [0.1, 0.15) is 11.8 Å². The highest BCUT2D eigenvalue weighted by Gasteiger charge is 2.26. The van der Waals surface area contributed by atoms with Crippen molar-refractivity contribution in [1.29, 1.82) is 0 Å². The Kier molecular flexibility index (Phi) is 3.59. The zero-order valence-corrected chi connectivity index (χ0v) is 10.5. The summed E-state index contributed by atoms with van der Waals surface area (Å²) in [5.74, 6) is -1.48. The average Bonchev–Trinajstić information content (AvgIpc) is 2.81. The molecule has 0 spiro atoms. The minimum Gasteiger partial charge on any atom is -0.493 e. The van der Waals surface area contributed by atoms with Crippen molar-refractivity contribution in [2.45, 2.75) is 18.9 Å². The number of ether oxygens (including phenoxy) is 1. The minimum atomic E-state index is -1.15. The summed E-state index contributed by atoms with van der Waals surface area (Å²) in [6.45, 7) is 0.625. The van der Waals surface area contributed by atoms with Crippen molar-refractivity contribution < 1.29 is 24.5 Å². The zero-order valence-electron chi connectivity index (χ0n) is 10.5. The minimum absolute atomic E-state index is 0.445. The van der Waals surface area contributed by atoms with Crippen molar-refractivity contribution >= 4 is 17.6 Å². The fraction of sp³-hybridized carbons (Fsp3) is 0.385. The Bertz CT molecular complexity index is 514. The molecule has 1 atom stereocenters. The van der Waals surface area contributed by atoms with E-state index in [2.05, 4.69) is 0 Å². The zero-order chi connectivity index (χ0) is 14.0. The van der Waals surface area contributed by atoms with Crippen LogP contribution >= 0.6 is 0 Å². The number of hydrogen-bond donors (Lipinski definition) is 2. The first kappa shape index (κ1) is 13.2. The van der Waals surface area contributed by atoms with Gasteiger partial charge in [-0.2, -0.15) is 0 Å². The summed E-state index contributed by atoms with van der Waals surface area (Å²) in [6, 6.07) is 4.29. The first-order valence-corrected chi connectivity index (χ1v) is 5.92. The van der Waals surface area contributed by atoms with Gasteiger partial charge in [-0.05, 0) is 23.8 Å². The molecule has 0 fully saturated rings. The van der Waals surface area contributed by atoms with E-state index in [9.17, 15) is 9.59 Å². The lowest BCUT2D eigenvalue weighted by Crippen LogP contribution is -2.40. The number of rotatable bonds is 5. The molecule has 19 heavy (non-hydrogen) atoms. The van der Waals surface area contributed by atoms with E-state index >= 15 is 0 Å². The molecule has 0 bridgehead atoms. The van der Waals surface area contributed by atoms with Gasteiger partial charge < -0.3 is 19.8 Å². The second-order valence-electron chi connectivity index (χ2n) is 4.45. The average molecular weight is 265 g/mol. The summed E-state index contributed by atoms with van der Waals surface area (Å²) >= 11 is 0. The van der Waals surface area contributed by atoms with Gasteiger partial charge in [0.25, 0.3) is 0 Å². The van der Waals surface area contributed by atoms with Crippen LogP contribution in [0.3, 0.4) is 0 Å². The van der Waals surface area contributed by atoms with E-state index in [0.29, 0.717) is 12.3 Å². The van der Waals surface area contributed by atoms with Crippen LogP contribution in [0, 0.1) is 0 Å². The maximum atomic E-state index is 11.2. The van der Waals surface area contributed by atoms with Gasteiger partial charge in [-0.25, -0.2) is 4.79 Å². The van der Waals surface area contributed by atoms with Gasteiger partial charge in [-0.15, -0.1) is 0 Å². The molecule has 1 aliphatic heterocycles. The molecule has 0 radical (unpaired) electrons. The van der Waals surface area contributed by atoms with Crippen LogP contribution in [0.2, 0.25) is 0 Å². The third kappa shape index (κ3) is 2.78. The Morgan fingerprint density at radius 2 is 2.16 bits per heavy atom. The molecule has 6 heteroatoms. The van der Waals surface area contributed by atoms with Gasteiger partial charge in [0.2, 0.25) is 0 Å². The number of carboxylic acid groups (broad SMARTS) is 2. The Morgan fingerprint density at radius 3 is 2.79 bits per heavy atom. The Balaban J connectivity index is 2.23. The molecule has 1 unspecified atom stereocenters. The lowest BCUT2D eigenvalue weighted by atomic mass is 10.1. The Hall–Kier alpha value is -2.24. The number of aliphatic carboxylic acids is 2. The van der Waals surface area contributed by atoms with Gasteiger partial charge in [0.05, 0.1) is 13.0 Å². The summed E-state index contributed by atoms with van der Waals surface area (Å²) in [5, 5.41) is 17.9. The van der Waals surface area contributed by atoms with Crippen LogP contribution in [0.1, 0.15) is 12.0 Å². The molecule has 1 heterocycles. The van der Waals surface area contributed by atoms with Gasteiger partial charge in [0.15, 0.2) is 0 Å². The van der Waals surface area contributed by atoms with Crippen molar-refractivity contribution in [1.82, 2.24) is 0 Å². The lowest BCUT2D eigenvalue weighted by molar-refractivity contribution is -0.145. The third-order valence-electron chi connectivity index (χ3n) is 3.20. The maximum absolute atomic E-state index is 11.2. The van der Waals surface area contributed by atoms with Crippen molar-refractivity contribution in [2.75, 3.05) is 18.6 Å². The van der Waals surface area contributed by atoms with E-state index in [-0.39, 0.29) is 0 Å². The Morgan fingerprint density at radius 1 is 1.42 bits per heavy atom. The van der Waals surface area contributed by atoms with Crippen LogP contribution in [-0.4, -0.2) is 41.8 Å². The molecule has 0 aliphatic carbocycles. The lowest BCUT2D eigenvalue weighted by Gasteiger charge is -2.26. The summed E-state index contributed by atoms with van der Waals surface area (Å²) < 4.78 is 5.38. The quantitative estimate of drug-likeness (QED) is 0.825. The molecule has 2 rings (SSSR count). The summed E-state index contributed by atoms with van der Waals surface area (Å²) in [5.41, 5.74) is 1.70. The number of anilines is 1. The van der Waals surface area contributed by atoms with Gasteiger partial charge in [-0.3, -0.25) is 4.79 Å². The van der Waals surface area contributed by atoms with Crippen molar-refractivity contribution in [2.24, 2.45) is 0 Å². The molecule has 2 N–H and O–H groups in total. The SMILES string of the molecule is CN(c1ccc2c(c1)CCO2)C(CC(=O)O)C(=O)O. The number of carbonyl (C=O) groups is 2. The van der Waals surface area contributed by atoms with Crippen molar-refractivity contribution in [3.8, 4) is 5.75 Å². The van der Waals surface area contributed by atoms with E-state index in [1.165, 1.54) is 4.90 Å². The number of benzene rings is 1. The number of carboxylic acids is 2. The Labute approximate surface area is 110 Å². The van der Waals surface area contributed by atoms with Crippen molar-refractivity contribution in [3.63, 3.8) is 0 Å². The summed E-state index contributed by atoms with van der Waals surface area (Å²) in [7, 11) is 1.58. The van der Waals surface area contributed by atoms with Crippen LogP contribution in [-0.2, 0) is 16.0 Å². The normalized spacial score (nSPS) is 14.4. The first-order chi connectivity index (χ1) is 8.99. The molecule has 0 saturated carbocycles. The molecule has 0 aromatic heterocycles. The van der Waals surface area contributed by atoms with E-state index in [1.807, 2.05) is 6.07 Å². The second-order valence-corrected chi connectivity index (χ2v) is 4.45. The summed E-state index contributed by atoms with van der Waals surface area (Å²) in [4.78, 5) is 23.3. The molecule has 0 amide bonds.